The number of amides is 1. The maximum atomic E-state index is 12.1. The lowest BCUT2D eigenvalue weighted by Crippen LogP contribution is -2.30. The molecule has 2 N–H and O–H groups in total. The highest BCUT2D eigenvalue weighted by Crippen LogP contribution is 2.31. The molecule has 0 saturated carbocycles. The molecule has 0 aliphatic carbocycles. The Hall–Kier alpha value is -2.24. The molecule has 0 aliphatic rings. The Morgan fingerprint density at radius 2 is 1.91 bits per heavy atom. The predicted octanol–water partition coefficient (Wildman–Crippen LogP) is 2.77. The minimum absolute atomic E-state index is 0.164. The second-order valence-electron chi connectivity index (χ2n) is 5.76. The van der Waals surface area contributed by atoms with Gasteiger partial charge in [-0.15, -0.1) is 0 Å². The van der Waals surface area contributed by atoms with Gasteiger partial charge < -0.3 is 19.9 Å². The van der Waals surface area contributed by atoms with Gasteiger partial charge in [0.1, 0.15) is 11.5 Å². The van der Waals surface area contributed by atoms with Gasteiger partial charge in [0.15, 0.2) is 0 Å². The van der Waals surface area contributed by atoms with Crippen LogP contribution in [0.1, 0.15) is 44.7 Å². The molecule has 0 aromatic heterocycles. The van der Waals surface area contributed by atoms with Gasteiger partial charge in [0.2, 0.25) is 5.91 Å². The monoisotopic (exact) mass is 323 g/mol. The summed E-state index contributed by atoms with van der Waals surface area (Å²) in [5.74, 6) is 0.347. The number of carbonyl (C=O) groups excluding carboxylic acids is 1. The molecule has 6 heteroatoms. The highest BCUT2D eigenvalue weighted by Gasteiger charge is 2.22. The van der Waals surface area contributed by atoms with E-state index in [1.165, 1.54) is 14.2 Å². The zero-order chi connectivity index (χ0) is 17.4. The van der Waals surface area contributed by atoms with Crippen LogP contribution in [-0.4, -0.2) is 31.2 Å². The van der Waals surface area contributed by atoms with E-state index in [-0.39, 0.29) is 12.3 Å². The molecule has 1 aromatic carbocycles. The number of hydrogen-bond donors (Lipinski definition) is 2. The number of nitrogens with one attached hydrogen (secondary N) is 1. The smallest absolute Gasteiger partial charge is 0.305 e. The Balaban J connectivity index is 2.97. The summed E-state index contributed by atoms with van der Waals surface area (Å²) in [5.41, 5.74) is 0.619. The average molecular weight is 323 g/mol. The van der Waals surface area contributed by atoms with Crippen LogP contribution in [0, 0.1) is 5.92 Å². The van der Waals surface area contributed by atoms with E-state index in [1.807, 2.05) is 13.8 Å². The minimum atomic E-state index is -0.989. The third-order valence-electron chi connectivity index (χ3n) is 3.48. The number of carbonyl (C=O) groups is 2. The van der Waals surface area contributed by atoms with Gasteiger partial charge in [-0.1, -0.05) is 13.8 Å². The lowest BCUT2D eigenvalue weighted by Gasteiger charge is -2.20. The quantitative estimate of drug-likeness (QED) is 0.730. The number of carboxylic acid groups (broad SMARTS) is 1. The molecule has 1 rings (SSSR count). The molecule has 6 nitrogen and oxygen atoms in total. The number of aliphatic carboxylic acids is 1. The fourth-order valence-electron chi connectivity index (χ4n) is 2.21. The highest BCUT2D eigenvalue weighted by atomic mass is 16.5. The molecule has 0 aliphatic heterocycles. The summed E-state index contributed by atoms with van der Waals surface area (Å²) in [7, 11) is 3.04. The van der Waals surface area contributed by atoms with Crippen LogP contribution in [0.5, 0.6) is 11.5 Å². The van der Waals surface area contributed by atoms with Gasteiger partial charge in [0, 0.05) is 18.1 Å². The van der Waals surface area contributed by atoms with Crippen LogP contribution in [0.4, 0.5) is 0 Å². The van der Waals surface area contributed by atoms with Crippen LogP contribution >= 0.6 is 0 Å². The van der Waals surface area contributed by atoms with E-state index >= 15 is 0 Å². The van der Waals surface area contributed by atoms with Gasteiger partial charge in [-0.25, -0.2) is 0 Å². The molecule has 0 saturated heterocycles. The fraction of sp³-hybridized carbons (Fsp3) is 0.529. The first kappa shape index (κ1) is 18.8. The second kappa shape index (κ2) is 9.02. The summed E-state index contributed by atoms with van der Waals surface area (Å²) in [5, 5.41) is 11.9. The molecule has 23 heavy (non-hydrogen) atoms. The van der Waals surface area contributed by atoms with E-state index in [1.54, 1.807) is 18.2 Å². The highest BCUT2D eigenvalue weighted by molar-refractivity contribution is 5.78. The summed E-state index contributed by atoms with van der Waals surface area (Å²) in [4.78, 5) is 23.2. The Kier molecular flexibility index (Phi) is 7.38. The van der Waals surface area contributed by atoms with Gasteiger partial charge in [0.25, 0.3) is 0 Å². The molecule has 1 amide bonds. The number of ether oxygens (including phenoxy) is 2. The zero-order valence-electron chi connectivity index (χ0n) is 14.1. The molecule has 128 valence electrons. The molecule has 0 heterocycles. The van der Waals surface area contributed by atoms with Gasteiger partial charge in [-0.2, -0.15) is 0 Å². The molecular weight excluding hydrogens is 298 g/mol. The van der Waals surface area contributed by atoms with E-state index < -0.39 is 12.0 Å². The molecule has 1 atom stereocenters. The molecule has 1 unspecified atom stereocenters. The van der Waals surface area contributed by atoms with Crippen LogP contribution in [0.3, 0.4) is 0 Å². The number of hydrogen-bond acceptors (Lipinski definition) is 4. The molecule has 0 radical (unpaired) electrons. The molecule has 0 fully saturated rings. The van der Waals surface area contributed by atoms with E-state index in [9.17, 15) is 9.59 Å². The van der Waals surface area contributed by atoms with Crippen LogP contribution in [-0.2, 0) is 9.59 Å². The maximum absolute atomic E-state index is 12.1. The van der Waals surface area contributed by atoms with Gasteiger partial charge >= 0.3 is 5.97 Å². The SMILES string of the molecule is COc1ccc(C(CC(=O)O)NC(=O)CCC(C)C)c(OC)c1. The lowest BCUT2D eigenvalue weighted by molar-refractivity contribution is -0.137. The van der Waals surface area contributed by atoms with Crippen molar-refractivity contribution in [1.29, 1.82) is 0 Å². The average Bonchev–Trinajstić information content (AvgIpc) is 2.51. The van der Waals surface area contributed by atoms with Crippen molar-refractivity contribution in [3.8, 4) is 11.5 Å². The maximum Gasteiger partial charge on any atom is 0.305 e. The van der Waals surface area contributed by atoms with Gasteiger partial charge in [-0.3, -0.25) is 9.59 Å². The van der Waals surface area contributed by atoms with E-state index in [2.05, 4.69) is 5.32 Å². The second-order valence-corrected chi connectivity index (χ2v) is 5.76. The van der Waals surface area contributed by atoms with Crippen LogP contribution < -0.4 is 14.8 Å². The summed E-state index contributed by atoms with van der Waals surface area (Å²) < 4.78 is 10.4. The first-order valence-corrected chi connectivity index (χ1v) is 7.60. The summed E-state index contributed by atoms with van der Waals surface area (Å²) >= 11 is 0. The Labute approximate surface area is 136 Å². The number of benzene rings is 1. The van der Waals surface area contributed by atoms with E-state index in [0.717, 1.165) is 6.42 Å². The van der Waals surface area contributed by atoms with E-state index in [4.69, 9.17) is 14.6 Å². The van der Waals surface area contributed by atoms with Crippen molar-refractivity contribution < 1.29 is 24.2 Å². The van der Waals surface area contributed by atoms with Crippen LogP contribution in [0.15, 0.2) is 18.2 Å². The van der Waals surface area contributed by atoms with Gasteiger partial charge in [-0.05, 0) is 24.5 Å². The standard InChI is InChI=1S/C17H25NO5/c1-11(2)5-8-16(19)18-14(10-17(20)21)13-7-6-12(22-3)9-15(13)23-4/h6-7,9,11,14H,5,8,10H2,1-4H3,(H,18,19)(H,20,21). The van der Waals surface area contributed by atoms with Crippen molar-refractivity contribution in [2.45, 2.75) is 39.2 Å². The van der Waals surface area contributed by atoms with Crippen molar-refractivity contribution >= 4 is 11.9 Å². The van der Waals surface area contributed by atoms with Crippen LogP contribution in [0.2, 0.25) is 0 Å². The first-order chi connectivity index (χ1) is 10.9. The number of carboxylic acids is 1. The van der Waals surface area contributed by atoms with Gasteiger partial charge in [0.05, 0.1) is 26.7 Å². The third-order valence-corrected chi connectivity index (χ3v) is 3.48. The Morgan fingerprint density at radius 1 is 1.22 bits per heavy atom. The molecule has 1 aromatic rings. The molecule has 0 bridgehead atoms. The minimum Gasteiger partial charge on any atom is -0.497 e. The topological polar surface area (TPSA) is 84.9 Å². The van der Waals surface area contributed by atoms with Crippen LogP contribution in [0.25, 0.3) is 0 Å². The molecule has 0 spiro atoms. The largest absolute Gasteiger partial charge is 0.497 e. The summed E-state index contributed by atoms with van der Waals surface area (Å²) in [6, 6.07) is 4.46. The van der Waals surface area contributed by atoms with Crippen molar-refractivity contribution in [2.75, 3.05) is 14.2 Å². The van der Waals surface area contributed by atoms with E-state index in [0.29, 0.717) is 29.4 Å². The van der Waals surface area contributed by atoms with Crippen molar-refractivity contribution in [2.24, 2.45) is 5.92 Å². The van der Waals surface area contributed by atoms with Crippen molar-refractivity contribution in [1.82, 2.24) is 5.32 Å². The van der Waals surface area contributed by atoms with Crippen molar-refractivity contribution in [3.05, 3.63) is 23.8 Å². The summed E-state index contributed by atoms with van der Waals surface area (Å²) in [6.45, 7) is 4.07. The zero-order valence-corrected chi connectivity index (χ0v) is 14.1. The lowest BCUT2D eigenvalue weighted by atomic mass is 10.0. The number of rotatable bonds is 9. The fourth-order valence-corrected chi connectivity index (χ4v) is 2.21. The normalized spacial score (nSPS) is 11.9. The van der Waals surface area contributed by atoms with Crippen molar-refractivity contribution in [3.63, 3.8) is 0 Å². The third kappa shape index (κ3) is 6.18. The first-order valence-electron chi connectivity index (χ1n) is 7.60. The summed E-state index contributed by atoms with van der Waals surface area (Å²) in [6.07, 6.45) is 0.910. The molecular formula is C17H25NO5. The Bertz CT molecular complexity index is 542. The predicted molar refractivity (Wildman–Crippen MR) is 86.8 cm³/mol. The Morgan fingerprint density at radius 3 is 2.43 bits per heavy atom. The number of methoxy groups -OCH3 is 2.